The summed E-state index contributed by atoms with van der Waals surface area (Å²) in [6.45, 7) is 6.13. The molecule has 0 spiro atoms. The smallest absolute Gasteiger partial charge is 0.268 e. The first kappa shape index (κ1) is 17.1. The van der Waals surface area contributed by atoms with Crippen LogP contribution in [0.1, 0.15) is 24.3 Å². The largest absolute Gasteiger partial charge is 0.493 e. The lowest BCUT2D eigenvalue weighted by Crippen LogP contribution is -2.28. The number of benzene rings is 1. The van der Waals surface area contributed by atoms with Crippen molar-refractivity contribution in [1.29, 1.82) is 0 Å². The molecule has 0 atom stereocenters. The van der Waals surface area contributed by atoms with E-state index in [9.17, 15) is 4.79 Å². The van der Waals surface area contributed by atoms with Crippen LogP contribution in [-0.2, 0) is 11.3 Å². The normalized spacial score (nSPS) is 11.3. The Morgan fingerprint density at radius 1 is 1.39 bits per heavy atom. The molecule has 1 N–H and O–H groups in total. The van der Waals surface area contributed by atoms with Gasteiger partial charge in [-0.15, -0.1) is 0 Å². The molecule has 1 amide bonds. The van der Waals surface area contributed by atoms with Crippen LogP contribution in [0.4, 0.5) is 0 Å². The molecule has 0 unspecified atom stereocenters. The molecule has 0 fully saturated rings. The molecule has 1 aromatic heterocycles. The van der Waals surface area contributed by atoms with Crippen LogP contribution < -0.4 is 10.1 Å². The number of ether oxygens (including phenoxy) is 2. The lowest BCUT2D eigenvalue weighted by atomic mass is 10.2. The lowest BCUT2D eigenvalue weighted by molar-refractivity contribution is 0.0929. The fourth-order valence-corrected chi connectivity index (χ4v) is 2.49. The highest BCUT2D eigenvalue weighted by Crippen LogP contribution is 2.29. The minimum Gasteiger partial charge on any atom is -0.493 e. The van der Waals surface area contributed by atoms with Crippen molar-refractivity contribution in [3.8, 4) is 5.75 Å². The summed E-state index contributed by atoms with van der Waals surface area (Å²) in [4.78, 5) is 12.5. The summed E-state index contributed by atoms with van der Waals surface area (Å²) in [6.07, 6.45) is 4.00. The first-order valence-electron chi connectivity index (χ1n) is 7.86. The van der Waals surface area contributed by atoms with Gasteiger partial charge >= 0.3 is 0 Å². The lowest BCUT2D eigenvalue weighted by Gasteiger charge is -2.09. The topological polar surface area (TPSA) is 52.5 Å². The van der Waals surface area contributed by atoms with E-state index in [1.165, 1.54) is 0 Å². The van der Waals surface area contributed by atoms with Gasteiger partial charge in [-0.3, -0.25) is 4.79 Å². The number of nitrogens with one attached hydrogen (secondary N) is 1. The SMILES string of the molecule is C/C=C\Cn1c(C(=O)NCCOC)cc2c(OCC)cccc21. The van der Waals surface area contributed by atoms with Gasteiger partial charge in [-0.1, -0.05) is 18.2 Å². The molecule has 5 heteroatoms. The molecule has 1 aromatic carbocycles. The Hall–Kier alpha value is -2.27. The third-order valence-corrected chi connectivity index (χ3v) is 3.55. The van der Waals surface area contributed by atoms with Crippen LogP contribution in [-0.4, -0.2) is 37.3 Å². The number of rotatable bonds is 8. The van der Waals surface area contributed by atoms with Crippen molar-refractivity contribution in [3.63, 3.8) is 0 Å². The van der Waals surface area contributed by atoms with Crippen molar-refractivity contribution < 1.29 is 14.3 Å². The van der Waals surface area contributed by atoms with Gasteiger partial charge in [-0.2, -0.15) is 0 Å². The molecule has 0 aliphatic heterocycles. The molecule has 0 saturated carbocycles. The van der Waals surface area contributed by atoms with E-state index in [1.807, 2.05) is 54.8 Å². The van der Waals surface area contributed by atoms with Gasteiger partial charge in [-0.25, -0.2) is 0 Å². The summed E-state index contributed by atoms with van der Waals surface area (Å²) < 4.78 is 12.7. The number of fused-ring (bicyclic) bond motifs is 1. The minimum absolute atomic E-state index is 0.106. The number of methoxy groups -OCH3 is 1. The second-order valence-electron chi connectivity index (χ2n) is 5.08. The highest BCUT2D eigenvalue weighted by Gasteiger charge is 2.17. The van der Waals surface area contributed by atoms with E-state index in [-0.39, 0.29) is 5.91 Å². The quantitative estimate of drug-likeness (QED) is 0.602. The maximum absolute atomic E-state index is 12.5. The molecule has 2 rings (SSSR count). The molecule has 5 nitrogen and oxygen atoms in total. The first-order chi connectivity index (χ1) is 11.2. The summed E-state index contributed by atoms with van der Waals surface area (Å²) >= 11 is 0. The predicted octanol–water partition coefficient (Wildman–Crippen LogP) is 2.99. The summed E-state index contributed by atoms with van der Waals surface area (Å²) in [6, 6.07) is 7.78. The van der Waals surface area contributed by atoms with Crippen LogP contribution in [0.5, 0.6) is 5.75 Å². The van der Waals surface area contributed by atoms with Gasteiger partial charge in [0, 0.05) is 25.6 Å². The van der Waals surface area contributed by atoms with Crippen molar-refractivity contribution in [2.45, 2.75) is 20.4 Å². The van der Waals surface area contributed by atoms with E-state index in [2.05, 4.69) is 5.32 Å². The van der Waals surface area contributed by atoms with E-state index in [1.54, 1.807) is 7.11 Å². The Balaban J connectivity index is 2.44. The number of hydrogen-bond donors (Lipinski definition) is 1. The second kappa shape index (κ2) is 8.39. The van der Waals surface area contributed by atoms with E-state index < -0.39 is 0 Å². The van der Waals surface area contributed by atoms with Crippen LogP contribution in [0, 0.1) is 0 Å². The third-order valence-electron chi connectivity index (χ3n) is 3.55. The summed E-state index contributed by atoms with van der Waals surface area (Å²) in [7, 11) is 1.61. The highest BCUT2D eigenvalue weighted by molar-refractivity contribution is 6.00. The zero-order valence-electron chi connectivity index (χ0n) is 14.0. The average molecular weight is 316 g/mol. The fourth-order valence-electron chi connectivity index (χ4n) is 2.49. The van der Waals surface area contributed by atoms with E-state index >= 15 is 0 Å². The standard InChI is InChI=1S/C18H24N2O3/c1-4-6-11-20-15-8-7-9-17(23-5-2)14(15)13-16(20)18(21)19-10-12-22-3/h4,6-9,13H,5,10-12H2,1-3H3,(H,19,21)/b6-4-. The summed E-state index contributed by atoms with van der Waals surface area (Å²) in [5, 5.41) is 3.83. The van der Waals surface area contributed by atoms with Gasteiger partial charge in [0.1, 0.15) is 11.4 Å². The molecule has 0 radical (unpaired) electrons. The number of hydrogen-bond acceptors (Lipinski definition) is 3. The molecular formula is C18H24N2O3. The van der Waals surface area contributed by atoms with Crippen molar-refractivity contribution in [1.82, 2.24) is 9.88 Å². The number of carbonyl (C=O) groups is 1. The molecule has 0 aliphatic rings. The van der Waals surface area contributed by atoms with Gasteiger partial charge in [0.2, 0.25) is 0 Å². The zero-order chi connectivity index (χ0) is 16.7. The zero-order valence-corrected chi connectivity index (χ0v) is 14.0. The van der Waals surface area contributed by atoms with Crippen molar-refractivity contribution >= 4 is 16.8 Å². The molecule has 0 saturated heterocycles. The average Bonchev–Trinajstić information content (AvgIpc) is 2.93. The predicted molar refractivity (Wildman–Crippen MR) is 92.1 cm³/mol. The molecule has 2 aromatic rings. The maximum atomic E-state index is 12.5. The van der Waals surface area contributed by atoms with Crippen LogP contribution in [0.3, 0.4) is 0 Å². The number of aromatic nitrogens is 1. The van der Waals surface area contributed by atoms with Gasteiger partial charge in [0.15, 0.2) is 0 Å². The van der Waals surface area contributed by atoms with E-state index in [4.69, 9.17) is 9.47 Å². The monoisotopic (exact) mass is 316 g/mol. The van der Waals surface area contributed by atoms with Crippen LogP contribution in [0.2, 0.25) is 0 Å². The fraction of sp³-hybridized carbons (Fsp3) is 0.389. The molecule has 1 heterocycles. The first-order valence-corrected chi connectivity index (χ1v) is 7.86. The molecular weight excluding hydrogens is 292 g/mol. The molecule has 0 aliphatic carbocycles. The maximum Gasteiger partial charge on any atom is 0.268 e. The Kier molecular flexibility index (Phi) is 6.23. The Morgan fingerprint density at radius 3 is 2.91 bits per heavy atom. The minimum atomic E-state index is -0.106. The number of nitrogens with zero attached hydrogens (tertiary/aromatic N) is 1. The Morgan fingerprint density at radius 2 is 2.22 bits per heavy atom. The van der Waals surface area contributed by atoms with E-state index in [0.29, 0.717) is 32.0 Å². The van der Waals surface area contributed by atoms with Gasteiger partial charge in [-0.05, 0) is 32.0 Å². The molecule has 0 bridgehead atoms. The van der Waals surface area contributed by atoms with Crippen LogP contribution >= 0.6 is 0 Å². The number of allylic oxidation sites excluding steroid dienone is 2. The number of carbonyl (C=O) groups excluding carboxylic acids is 1. The van der Waals surface area contributed by atoms with Crippen molar-refractivity contribution in [2.24, 2.45) is 0 Å². The third kappa shape index (κ3) is 3.93. The summed E-state index contributed by atoms with van der Waals surface area (Å²) in [5.41, 5.74) is 1.62. The summed E-state index contributed by atoms with van der Waals surface area (Å²) in [5.74, 6) is 0.695. The van der Waals surface area contributed by atoms with Gasteiger partial charge in [0.05, 0.1) is 18.7 Å². The molecule has 124 valence electrons. The van der Waals surface area contributed by atoms with Gasteiger partial charge < -0.3 is 19.4 Å². The van der Waals surface area contributed by atoms with Crippen LogP contribution in [0.25, 0.3) is 10.9 Å². The van der Waals surface area contributed by atoms with E-state index in [0.717, 1.165) is 16.7 Å². The van der Waals surface area contributed by atoms with Crippen molar-refractivity contribution in [3.05, 3.63) is 42.1 Å². The molecule has 23 heavy (non-hydrogen) atoms. The number of amides is 1. The van der Waals surface area contributed by atoms with Crippen molar-refractivity contribution in [2.75, 3.05) is 26.9 Å². The highest BCUT2D eigenvalue weighted by atomic mass is 16.5. The van der Waals surface area contributed by atoms with Crippen LogP contribution in [0.15, 0.2) is 36.4 Å². The second-order valence-corrected chi connectivity index (χ2v) is 5.08. The van der Waals surface area contributed by atoms with Gasteiger partial charge in [0.25, 0.3) is 5.91 Å². The Labute approximate surface area is 136 Å². The Bertz CT molecular complexity index is 689.